The van der Waals surface area contributed by atoms with Crippen LogP contribution in [0, 0.1) is 0 Å². The molecular formula is C15H24BrNOS. The molecule has 0 aliphatic heterocycles. The summed E-state index contributed by atoms with van der Waals surface area (Å²) in [5.41, 5.74) is 7.24. The first-order valence-electron chi connectivity index (χ1n) is 6.92. The van der Waals surface area contributed by atoms with Gasteiger partial charge in [0, 0.05) is 6.04 Å². The van der Waals surface area contributed by atoms with Gasteiger partial charge in [-0.2, -0.15) is 11.8 Å². The largest absolute Gasteiger partial charge is 0.492 e. The second-order valence-corrected chi connectivity index (χ2v) is 6.75. The van der Waals surface area contributed by atoms with Crippen molar-refractivity contribution in [1.29, 1.82) is 0 Å². The molecule has 1 unspecified atom stereocenters. The molecule has 2 N–H and O–H groups in total. The third kappa shape index (κ3) is 6.19. The molecule has 0 bridgehead atoms. The molecule has 0 saturated heterocycles. The summed E-state index contributed by atoms with van der Waals surface area (Å²) in [6.07, 6.45) is 2.94. The number of hydrogen-bond acceptors (Lipinski definition) is 3. The van der Waals surface area contributed by atoms with E-state index in [0.717, 1.165) is 41.8 Å². The number of para-hydroxylation sites is 1. The second kappa shape index (κ2) is 9.67. The zero-order valence-corrected chi connectivity index (χ0v) is 14.2. The molecule has 1 rings (SSSR count). The van der Waals surface area contributed by atoms with Gasteiger partial charge in [0.25, 0.3) is 0 Å². The van der Waals surface area contributed by atoms with Crippen molar-refractivity contribution in [3.05, 3.63) is 28.2 Å². The zero-order valence-electron chi connectivity index (χ0n) is 11.8. The Morgan fingerprint density at radius 3 is 2.84 bits per heavy atom. The molecule has 4 heteroatoms. The molecule has 2 nitrogen and oxygen atoms in total. The van der Waals surface area contributed by atoms with Crippen LogP contribution in [0.2, 0.25) is 0 Å². The number of hydrogen-bond donors (Lipinski definition) is 1. The van der Waals surface area contributed by atoms with E-state index in [4.69, 9.17) is 10.5 Å². The standard InChI is InChI=1S/C15H24BrNOS/c1-3-13(17)11-12-7-5-8-14(16)15(12)18-9-6-10-19-4-2/h5,7-8,13H,3-4,6,9-11,17H2,1-2H3. The highest BCUT2D eigenvalue weighted by Gasteiger charge is 2.10. The Balaban J connectivity index is 2.59. The number of ether oxygens (including phenoxy) is 1. The maximum Gasteiger partial charge on any atom is 0.136 e. The van der Waals surface area contributed by atoms with Crippen LogP contribution >= 0.6 is 27.7 Å². The summed E-state index contributed by atoms with van der Waals surface area (Å²) < 4.78 is 6.97. The lowest BCUT2D eigenvalue weighted by Gasteiger charge is -2.15. The molecule has 0 fully saturated rings. The predicted octanol–water partition coefficient (Wildman–Crippen LogP) is 4.25. The fourth-order valence-electron chi connectivity index (χ4n) is 1.78. The van der Waals surface area contributed by atoms with E-state index in [9.17, 15) is 0 Å². The smallest absolute Gasteiger partial charge is 0.136 e. The number of rotatable bonds is 9. The van der Waals surface area contributed by atoms with Crippen molar-refractivity contribution in [2.45, 2.75) is 39.2 Å². The molecule has 1 aromatic rings. The molecule has 0 spiro atoms. The van der Waals surface area contributed by atoms with Gasteiger partial charge in [-0.1, -0.05) is 26.0 Å². The Bertz CT molecular complexity index is 373. The molecule has 0 aliphatic carbocycles. The maximum absolute atomic E-state index is 6.04. The van der Waals surface area contributed by atoms with Crippen LogP contribution in [-0.2, 0) is 6.42 Å². The first kappa shape index (κ1) is 16.9. The van der Waals surface area contributed by atoms with Gasteiger partial charge in [0.05, 0.1) is 11.1 Å². The van der Waals surface area contributed by atoms with E-state index >= 15 is 0 Å². The minimum absolute atomic E-state index is 0.201. The summed E-state index contributed by atoms with van der Waals surface area (Å²) in [7, 11) is 0. The Hall–Kier alpha value is -0.190. The van der Waals surface area contributed by atoms with Gasteiger partial charge >= 0.3 is 0 Å². The van der Waals surface area contributed by atoms with Crippen LogP contribution in [0.1, 0.15) is 32.3 Å². The van der Waals surface area contributed by atoms with Crippen LogP contribution < -0.4 is 10.5 Å². The summed E-state index contributed by atoms with van der Waals surface area (Å²) in [5.74, 6) is 3.30. The predicted molar refractivity (Wildman–Crippen MR) is 89.2 cm³/mol. The van der Waals surface area contributed by atoms with Crippen LogP contribution in [0.25, 0.3) is 0 Å². The Morgan fingerprint density at radius 1 is 1.37 bits per heavy atom. The third-order valence-corrected chi connectivity index (χ3v) is 4.55. The average molecular weight is 346 g/mol. The fourth-order valence-corrected chi connectivity index (χ4v) is 2.91. The minimum Gasteiger partial charge on any atom is -0.492 e. The maximum atomic E-state index is 6.04. The monoisotopic (exact) mass is 345 g/mol. The lowest BCUT2D eigenvalue weighted by Crippen LogP contribution is -2.21. The van der Waals surface area contributed by atoms with E-state index in [1.54, 1.807) is 0 Å². The molecular weight excluding hydrogens is 322 g/mol. The lowest BCUT2D eigenvalue weighted by atomic mass is 10.0. The van der Waals surface area contributed by atoms with Crippen LogP contribution in [0.4, 0.5) is 0 Å². The van der Waals surface area contributed by atoms with Gasteiger partial charge in [-0.3, -0.25) is 0 Å². The summed E-state index contributed by atoms with van der Waals surface area (Å²) in [5, 5.41) is 0. The SMILES string of the molecule is CCSCCCOc1c(Br)cccc1CC(N)CC. The van der Waals surface area contributed by atoms with Gasteiger partial charge < -0.3 is 10.5 Å². The number of benzene rings is 1. The van der Waals surface area contributed by atoms with E-state index in [1.807, 2.05) is 23.9 Å². The Morgan fingerprint density at radius 2 is 2.16 bits per heavy atom. The number of thioether (sulfide) groups is 1. The fraction of sp³-hybridized carbons (Fsp3) is 0.600. The van der Waals surface area contributed by atoms with Crippen molar-refractivity contribution in [3.8, 4) is 5.75 Å². The topological polar surface area (TPSA) is 35.2 Å². The molecule has 0 saturated carbocycles. The summed E-state index contributed by atoms with van der Waals surface area (Å²) in [4.78, 5) is 0. The minimum atomic E-state index is 0.201. The van der Waals surface area contributed by atoms with Crippen molar-refractivity contribution >= 4 is 27.7 Å². The molecule has 0 radical (unpaired) electrons. The molecule has 0 heterocycles. The van der Waals surface area contributed by atoms with Crippen molar-refractivity contribution in [2.24, 2.45) is 5.73 Å². The van der Waals surface area contributed by atoms with Gasteiger partial charge in [-0.25, -0.2) is 0 Å². The van der Waals surface area contributed by atoms with Crippen LogP contribution in [-0.4, -0.2) is 24.2 Å². The van der Waals surface area contributed by atoms with Gasteiger partial charge in [0.15, 0.2) is 0 Å². The first-order chi connectivity index (χ1) is 9.19. The summed E-state index contributed by atoms with van der Waals surface area (Å²) in [6, 6.07) is 6.38. The summed E-state index contributed by atoms with van der Waals surface area (Å²) in [6.45, 7) is 5.07. The van der Waals surface area contributed by atoms with Crippen LogP contribution in [0.15, 0.2) is 22.7 Å². The van der Waals surface area contributed by atoms with Gasteiger partial charge in [-0.05, 0) is 58.3 Å². The normalized spacial score (nSPS) is 12.4. The van der Waals surface area contributed by atoms with Gasteiger partial charge in [-0.15, -0.1) is 0 Å². The van der Waals surface area contributed by atoms with E-state index in [0.29, 0.717) is 0 Å². The molecule has 0 aliphatic rings. The van der Waals surface area contributed by atoms with Crippen molar-refractivity contribution in [3.63, 3.8) is 0 Å². The van der Waals surface area contributed by atoms with E-state index in [-0.39, 0.29) is 6.04 Å². The highest BCUT2D eigenvalue weighted by Crippen LogP contribution is 2.30. The highest BCUT2D eigenvalue weighted by molar-refractivity contribution is 9.10. The highest BCUT2D eigenvalue weighted by atomic mass is 79.9. The molecule has 108 valence electrons. The van der Waals surface area contributed by atoms with Crippen LogP contribution in [0.5, 0.6) is 5.75 Å². The van der Waals surface area contributed by atoms with Crippen molar-refractivity contribution in [2.75, 3.05) is 18.1 Å². The first-order valence-corrected chi connectivity index (χ1v) is 8.87. The second-order valence-electron chi connectivity index (χ2n) is 4.50. The van der Waals surface area contributed by atoms with Gasteiger partial charge in [0.1, 0.15) is 5.75 Å². The number of halogens is 1. The third-order valence-electron chi connectivity index (χ3n) is 2.94. The van der Waals surface area contributed by atoms with Crippen molar-refractivity contribution in [1.82, 2.24) is 0 Å². The molecule has 0 aromatic heterocycles. The van der Waals surface area contributed by atoms with Gasteiger partial charge in [0.2, 0.25) is 0 Å². The van der Waals surface area contributed by atoms with Crippen LogP contribution in [0.3, 0.4) is 0 Å². The summed E-state index contributed by atoms with van der Waals surface area (Å²) >= 11 is 5.53. The number of nitrogens with two attached hydrogens (primary N) is 1. The van der Waals surface area contributed by atoms with E-state index in [1.165, 1.54) is 11.3 Å². The quantitative estimate of drug-likeness (QED) is 0.679. The lowest BCUT2D eigenvalue weighted by molar-refractivity contribution is 0.312. The van der Waals surface area contributed by atoms with E-state index in [2.05, 4.69) is 35.8 Å². The molecule has 19 heavy (non-hydrogen) atoms. The molecule has 1 aromatic carbocycles. The Kier molecular flexibility index (Phi) is 8.58. The van der Waals surface area contributed by atoms with E-state index < -0.39 is 0 Å². The molecule has 0 amide bonds. The zero-order chi connectivity index (χ0) is 14.1. The molecule has 1 atom stereocenters. The van der Waals surface area contributed by atoms with Crippen molar-refractivity contribution < 1.29 is 4.74 Å². The average Bonchev–Trinajstić information content (AvgIpc) is 2.41. The Labute approximate surface area is 129 Å².